The summed E-state index contributed by atoms with van der Waals surface area (Å²) in [6.07, 6.45) is 7.54. The quantitative estimate of drug-likeness (QED) is 0.871. The van der Waals surface area contributed by atoms with Crippen LogP contribution in [0, 0.1) is 5.92 Å². The van der Waals surface area contributed by atoms with Crippen molar-refractivity contribution in [1.82, 2.24) is 0 Å². The van der Waals surface area contributed by atoms with Gasteiger partial charge >= 0.3 is 5.97 Å². The number of carbonyl (C=O) groups is 1. The van der Waals surface area contributed by atoms with Gasteiger partial charge in [0.05, 0.1) is 5.92 Å². The highest BCUT2D eigenvalue weighted by molar-refractivity contribution is 5.70. The number of anilines is 1. The normalized spacial score (nSPS) is 26.8. The van der Waals surface area contributed by atoms with Gasteiger partial charge in [0.15, 0.2) is 0 Å². The lowest BCUT2D eigenvalue weighted by Gasteiger charge is -2.29. The van der Waals surface area contributed by atoms with Gasteiger partial charge in [0.1, 0.15) is 0 Å². The maximum atomic E-state index is 11.0. The molecule has 20 heavy (non-hydrogen) atoms. The number of benzene rings is 1. The van der Waals surface area contributed by atoms with Crippen LogP contribution in [0.25, 0.3) is 0 Å². The second-order valence-corrected chi connectivity index (χ2v) is 6.28. The van der Waals surface area contributed by atoms with Gasteiger partial charge in [-0.15, -0.1) is 0 Å². The van der Waals surface area contributed by atoms with E-state index in [-0.39, 0.29) is 5.92 Å². The van der Waals surface area contributed by atoms with E-state index in [1.54, 1.807) is 0 Å². The Kier molecular flexibility index (Phi) is 3.95. The monoisotopic (exact) mass is 273 g/mol. The average Bonchev–Trinajstić information content (AvgIpc) is 2.38. The molecule has 108 valence electrons. The summed E-state index contributed by atoms with van der Waals surface area (Å²) in [6.45, 7) is 0. The zero-order chi connectivity index (χ0) is 13.9. The first-order chi connectivity index (χ1) is 9.72. The van der Waals surface area contributed by atoms with E-state index in [9.17, 15) is 4.79 Å². The Labute approximate surface area is 120 Å². The standard InChI is InChI=1S/C17H23NO2/c19-17(20)13-7-9-15(10-8-13)18-16-6-2-5-14(11-16)12-3-1-4-12/h2,5-6,11-13,15,18H,1,3-4,7-10H2,(H,19,20). The summed E-state index contributed by atoms with van der Waals surface area (Å²) in [5.41, 5.74) is 2.66. The molecule has 3 rings (SSSR count). The van der Waals surface area contributed by atoms with Crippen LogP contribution >= 0.6 is 0 Å². The molecule has 2 N–H and O–H groups in total. The number of carboxylic acids is 1. The van der Waals surface area contributed by atoms with E-state index in [4.69, 9.17) is 5.11 Å². The third kappa shape index (κ3) is 2.97. The lowest BCUT2D eigenvalue weighted by Crippen LogP contribution is -2.29. The van der Waals surface area contributed by atoms with Crippen molar-refractivity contribution in [2.45, 2.75) is 56.9 Å². The van der Waals surface area contributed by atoms with Crippen molar-refractivity contribution in [2.24, 2.45) is 5.92 Å². The molecule has 2 aliphatic rings. The Hall–Kier alpha value is -1.51. The van der Waals surface area contributed by atoms with Crippen LogP contribution in [-0.2, 0) is 4.79 Å². The smallest absolute Gasteiger partial charge is 0.306 e. The van der Waals surface area contributed by atoms with E-state index < -0.39 is 5.97 Å². The van der Waals surface area contributed by atoms with Gasteiger partial charge in [0, 0.05) is 11.7 Å². The highest BCUT2D eigenvalue weighted by Crippen LogP contribution is 2.37. The van der Waals surface area contributed by atoms with Crippen molar-refractivity contribution in [3.8, 4) is 0 Å². The Morgan fingerprint density at radius 2 is 1.85 bits per heavy atom. The number of carboxylic acid groups (broad SMARTS) is 1. The molecule has 0 saturated heterocycles. The second-order valence-electron chi connectivity index (χ2n) is 6.28. The number of nitrogens with one attached hydrogen (secondary N) is 1. The van der Waals surface area contributed by atoms with Gasteiger partial charge < -0.3 is 10.4 Å². The maximum absolute atomic E-state index is 11.0. The summed E-state index contributed by atoms with van der Waals surface area (Å²) in [5.74, 6) is 0.00397. The topological polar surface area (TPSA) is 49.3 Å². The molecule has 2 aliphatic carbocycles. The predicted molar refractivity (Wildman–Crippen MR) is 80.0 cm³/mol. The van der Waals surface area contributed by atoms with E-state index in [0.717, 1.165) is 31.6 Å². The van der Waals surface area contributed by atoms with E-state index in [1.807, 2.05) is 0 Å². The largest absolute Gasteiger partial charge is 0.481 e. The minimum absolute atomic E-state index is 0.130. The summed E-state index contributed by atoms with van der Waals surface area (Å²) in [7, 11) is 0. The first kappa shape index (κ1) is 13.5. The molecule has 0 aromatic heterocycles. The highest BCUT2D eigenvalue weighted by Gasteiger charge is 2.26. The van der Waals surface area contributed by atoms with Gasteiger partial charge in [-0.1, -0.05) is 18.6 Å². The minimum atomic E-state index is -0.629. The average molecular weight is 273 g/mol. The Bertz CT molecular complexity index is 474. The van der Waals surface area contributed by atoms with Crippen molar-refractivity contribution in [2.75, 3.05) is 5.32 Å². The van der Waals surface area contributed by atoms with Gasteiger partial charge in [-0.3, -0.25) is 4.79 Å². The molecule has 0 atom stereocenters. The van der Waals surface area contributed by atoms with Crippen LogP contribution in [0.15, 0.2) is 24.3 Å². The molecule has 0 radical (unpaired) electrons. The summed E-state index contributed by atoms with van der Waals surface area (Å²) in [6, 6.07) is 9.22. The van der Waals surface area contributed by atoms with Crippen LogP contribution in [0.4, 0.5) is 5.69 Å². The van der Waals surface area contributed by atoms with Crippen LogP contribution in [-0.4, -0.2) is 17.1 Å². The molecule has 0 bridgehead atoms. The van der Waals surface area contributed by atoms with Gasteiger partial charge in [-0.05, 0) is 62.1 Å². The van der Waals surface area contributed by atoms with Crippen LogP contribution in [0.2, 0.25) is 0 Å². The van der Waals surface area contributed by atoms with Crippen molar-refractivity contribution >= 4 is 11.7 Å². The Balaban J connectivity index is 1.57. The van der Waals surface area contributed by atoms with Gasteiger partial charge in [0.2, 0.25) is 0 Å². The number of hydrogen-bond donors (Lipinski definition) is 2. The molecule has 0 spiro atoms. The lowest BCUT2D eigenvalue weighted by molar-refractivity contribution is -0.142. The first-order valence-corrected chi connectivity index (χ1v) is 7.81. The van der Waals surface area contributed by atoms with Crippen LogP contribution in [0.1, 0.15) is 56.4 Å². The molecule has 1 aromatic rings. The molecule has 2 saturated carbocycles. The summed E-state index contributed by atoms with van der Waals surface area (Å²) < 4.78 is 0. The van der Waals surface area contributed by atoms with E-state index >= 15 is 0 Å². The minimum Gasteiger partial charge on any atom is -0.481 e. The number of hydrogen-bond acceptors (Lipinski definition) is 2. The zero-order valence-electron chi connectivity index (χ0n) is 11.8. The van der Waals surface area contributed by atoms with Crippen LogP contribution < -0.4 is 5.32 Å². The molecule has 0 aliphatic heterocycles. The van der Waals surface area contributed by atoms with Crippen LogP contribution in [0.5, 0.6) is 0 Å². The molecule has 3 heteroatoms. The SMILES string of the molecule is O=C(O)C1CCC(Nc2cccc(C3CCC3)c2)CC1. The maximum Gasteiger partial charge on any atom is 0.306 e. The Morgan fingerprint density at radius 3 is 2.45 bits per heavy atom. The number of rotatable bonds is 4. The summed E-state index contributed by atoms with van der Waals surface area (Å²) >= 11 is 0. The third-order valence-corrected chi connectivity index (χ3v) is 4.91. The molecule has 0 amide bonds. The Morgan fingerprint density at radius 1 is 1.10 bits per heavy atom. The van der Waals surface area contributed by atoms with Crippen LogP contribution in [0.3, 0.4) is 0 Å². The van der Waals surface area contributed by atoms with Crippen molar-refractivity contribution < 1.29 is 9.90 Å². The van der Waals surface area contributed by atoms with Crippen molar-refractivity contribution in [3.63, 3.8) is 0 Å². The summed E-state index contributed by atoms with van der Waals surface area (Å²) in [5, 5.41) is 12.6. The fourth-order valence-corrected chi connectivity index (χ4v) is 3.34. The number of aliphatic carboxylic acids is 1. The molecule has 1 aromatic carbocycles. The molecular weight excluding hydrogens is 250 g/mol. The lowest BCUT2D eigenvalue weighted by atomic mass is 9.80. The fourth-order valence-electron chi connectivity index (χ4n) is 3.34. The summed E-state index contributed by atoms with van der Waals surface area (Å²) in [4.78, 5) is 11.0. The van der Waals surface area contributed by atoms with E-state index in [1.165, 1.54) is 30.5 Å². The van der Waals surface area contributed by atoms with Gasteiger partial charge in [-0.25, -0.2) is 0 Å². The van der Waals surface area contributed by atoms with Crippen molar-refractivity contribution in [1.29, 1.82) is 0 Å². The molecule has 2 fully saturated rings. The van der Waals surface area contributed by atoms with Gasteiger partial charge in [0.25, 0.3) is 0 Å². The van der Waals surface area contributed by atoms with E-state index in [2.05, 4.69) is 29.6 Å². The fraction of sp³-hybridized carbons (Fsp3) is 0.588. The second kappa shape index (κ2) is 5.86. The highest BCUT2D eigenvalue weighted by atomic mass is 16.4. The predicted octanol–water partition coefficient (Wildman–Crippen LogP) is 4.01. The van der Waals surface area contributed by atoms with Gasteiger partial charge in [-0.2, -0.15) is 0 Å². The molecule has 0 heterocycles. The zero-order valence-corrected chi connectivity index (χ0v) is 11.8. The molecule has 3 nitrogen and oxygen atoms in total. The first-order valence-electron chi connectivity index (χ1n) is 7.81. The van der Waals surface area contributed by atoms with Crippen molar-refractivity contribution in [3.05, 3.63) is 29.8 Å². The molecular formula is C17H23NO2. The molecule has 0 unspecified atom stereocenters. The van der Waals surface area contributed by atoms with E-state index in [0.29, 0.717) is 6.04 Å². The third-order valence-electron chi connectivity index (χ3n) is 4.91.